The molecular weight excluding hydrogens is 340 g/mol. The molecular formula is C17H20N4OS2. The van der Waals surface area contributed by atoms with Gasteiger partial charge in [-0.1, -0.05) is 48.2 Å². The average molecular weight is 361 g/mol. The summed E-state index contributed by atoms with van der Waals surface area (Å²) in [7, 11) is 0. The second-order valence-corrected chi connectivity index (χ2v) is 8.26. The number of rotatable bonds is 7. The fourth-order valence-electron chi connectivity index (χ4n) is 2.33. The molecule has 3 rings (SSSR count). The van der Waals surface area contributed by atoms with E-state index >= 15 is 0 Å². The Balaban J connectivity index is 1.70. The van der Waals surface area contributed by atoms with Gasteiger partial charge in [0.1, 0.15) is 0 Å². The van der Waals surface area contributed by atoms with Gasteiger partial charge in [0.05, 0.1) is 5.25 Å². The molecule has 2 atom stereocenters. The molecule has 0 radical (unpaired) electrons. The smallest absolute Gasteiger partial charge is 0.206 e. The summed E-state index contributed by atoms with van der Waals surface area (Å²) in [5, 5.41) is 13.2. The lowest BCUT2D eigenvalue weighted by Crippen LogP contribution is -2.13. The third-order valence-electron chi connectivity index (χ3n) is 3.89. The van der Waals surface area contributed by atoms with Crippen molar-refractivity contribution in [3.05, 3.63) is 36.0 Å². The zero-order valence-electron chi connectivity index (χ0n) is 13.9. The first-order chi connectivity index (χ1) is 11.6. The fraction of sp³-hybridized carbons (Fsp3) is 0.353. The number of thioether (sulfide) groups is 1. The molecule has 1 aromatic carbocycles. The van der Waals surface area contributed by atoms with Crippen molar-refractivity contribution in [2.45, 2.75) is 42.8 Å². The Morgan fingerprint density at radius 1 is 1.33 bits per heavy atom. The Morgan fingerprint density at radius 2 is 2.12 bits per heavy atom. The van der Waals surface area contributed by atoms with Gasteiger partial charge in [0.25, 0.3) is 0 Å². The monoisotopic (exact) mass is 360 g/mol. The Kier molecular flexibility index (Phi) is 5.20. The zero-order chi connectivity index (χ0) is 17.1. The van der Waals surface area contributed by atoms with Crippen molar-refractivity contribution >= 4 is 44.9 Å². The van der Waals surface area contributed by atoms with Gasteiger partial charge in [0.15, 0.2) is 10.1 Å². The maximum Gasteiger partial charge on any atom is 0.206 e. The summed E-state index contributed by atoms with van der Waals surface area (Å²) in [5.41, 5.74) is 1.71. The van der Waals surface area contributed by atoms with E-state index < -0.39 is 0 Å². The molecule has 2 N–H and O–H groups in total. The summed E-state index contributed by atoms with van der Waals surface area (Å²) >= 11 is 2.95. The van der Waals surface area contributed by atoms with Gasteiger partial charge in [-0.05, 0) is 26.3 Å². The molecule has 0 saturated carbocycles. The predicted octanol–water partition coefficient (Wildman–Crippen LogP) is 4.59. The van der Waals surface area contributed by atoms with Crippen LogP contribution in [-0.4, -0.2) is 32.3 Å². The number of Topliss-reactive ketones (excluding diaryl/α,β-unsaturated/α-hetero) is 1. The van der Waals surface area contributed by atoms with E-state index in [2.05, 4.69) is 34.3 Å². The van der Waals surface area contributed by atoms with E-state index in [9.17, 15) is 4.79 Å². The van der Waals surface area contributed by atoms with Gasteiger partial charge >= 0.3 is 0 Å². The summed E-state index contributed by atoms with van der Waals surface area (Å²) in [6.07, 6.45) is 2.82. The molecule has 0 aliphatic heterocycles. The van der Waals surface area contributed by atoms with Crippen molar-refractivity contribution in [1.82, 2.24) is 15.2 Å². The normalized spacial score (nSPS) is 13.8. The standard InChI is InChI=1S/C17H20N4OS2/c1-4-10(2)19-16-20-21-17(24-16)23-11(3)15(22)13-9-18-14-8-6-5-7-12(13)14/h5-11,18H,4H2,1-3H3,(H,19,20)/t10-,11-/m0/s1. The van der Waals surface area contributed by atoms with Crippen LogP contribution in [0.25, 0.3) is 10.9 Å². The summed E-state index contributed by atoms with van der Waals surface area (Å²) in [4.78, 5) is 15.9. The Labute approximate surface area is 149 Å². The number of carbonyl (C=O) groups excluding carboxylic acids is 1. The van der Waals surface area contributed by atoms with E-state index in [0.29, 0.717) is 6.04 Å². The van der Waals surface area contributed by atoms with Crippen molar-refractivity contribution in [2.24, 2.45) is 0 Å². The van der Waals surface area contributed by atoms with Crippen LogP contribution < -0.4 is 5.32 Å². The van der Waals surface area contributed by atoms with E-state index in [1.807, 2.05) is 31.2 Å². The Hall–Kier alpha value is -1.86. The first kappa shape index (κ1) is 17.0. The predicted molar refractivity (Wildman–Crippen MR) is 101 cm³/mol. The highest BCUT2D eigenvalue weighted by Gasteiger charge is 2.21. The SMILES string of the molecule is CC[C@H](C)Nc1nnc(S[C@@H](C)C(=O)c2c[nH]c3ccccc23)s1. The molecule has 24 heavy (non-hydrogen) atoms. The molecule has 0 spiro atoms. The Bertz CT molecular complexity index is 842. The summed E-state index contributed by atoms with van der Waals surface area (Å²) in [5.74, 6) is 0.101. The lowest BCUT2D eigenvalue weighted by atomic mass is 10.1. The van der Waals surface area contributed by atoms with Crippen LogP contribution in [0, 0.1) is 0 Å². The van der Waals surface area contributed by atoms with E-state index in [0.717, 1.165) is 32.4 Å². The van der Waals surface area contributed by atoms with Crippen LogP contribution in [0.2, 0.25) is 0 Å². The highest BCUT2D eigenvalue weighted by Crippen LogP contribution is 2.31. The summed E-state index contributed by atoms with van der Waals surface area (Å²) in [6, 6.07) is 8.21. The number of benzene rings is 1. The maximum absolute atomic E-state index is 12.8. The molecule has 7 heteroatoms. The van der Waals surface area contributed by atoms with Crippen molar-refractivity contribution in [3.8, 4) is 0 Å². The number of H-pyrrole nitrogens is 1. The third kappa shape index (κ3) is 3.62. The highest BCUT2D eigenvalue weighted by molar-refractivity contribution is 8.02. The minimum absolute atomic E-state index is 0.101. The Morgan fingerprint density at radius 3 is 2.92 bits per heavy atom. The number of para-hydroxylation sites is 1. The molecule has 5 nitrogen and oxygen atoms in total. The van der Waals surface area contributed by atoms with Crippen LogP contribution in [0.3, 0.4) is 0 Å². The second kappa shape index (κ2) is 7.36. The molecule has 0 bridgehead atoms. The van der Waals surface area contributed by atoms with Crippen molar-refractivity contribution in [2.75, 3.05) is 5.32 Å². The average Bonchev–Trinajstić information content (AvgIpc) is 3.20. The number of carbonyl (C=O) groups is 1. The van der Waals surface area contributed by atoms with E-state index in [1.165, 1.54) is 23.1 Å². The fourth-order valence-corrected chi connectivity index (χ4v) is 4.40. The number of anilines is 1. The van der Waals surface area contributed by atoms with Crippen LogP contribution in [0.15, 0.2) is 34.8 Å². The number of nitrogens with one attached hydrogen (secondary N) is 2. The molecule has 0 saturated heterocycles. The van der Waals surface area contributed by atoms with Crippen LogP contribution in [-0.2, 0) is 0 Å². The van der Waals surface area contributed by atoms with Gasteiger partial charge in [-0.2, -0.15) is 0 Å². The summed E-state index contributed by atoms with van der Waals surface area (Å²) in [6.45, 7) is 6.14. The molecule has 126 valence electrons. The van der Waals surface area contributed by atoms with Crippen LogP contribution in [0.5, 0.6) is 0 Å². The quantitative estimate of drug-likeness (QED) is 0.476. The maximum atomic E-state index is 12.8. The van der Waals surface area contributed by atoms with Crippen molar-refractivity contribution in [3.63, 3.8) is 0 Å². The first-order valence-corrected chi connectivity index (χ1v) is 9.65. The second-order valence-electron chi connectivity index (χ2n) is 5.70. The zero-order valence-corrected chi connectivity index (χ0v) is 15.5. The number of ketones is 1. The molecule has 3 aromatic rings. The largest absolute Gasteiger partial charge is 0.360 e. The molecule has 0 fully saturated rings. The number of aromatic amines is 1. The third-order valence-corrected chi connectivity index (χ3v) is 5.93. The van der Waals surface area contributed by atoms with Gasteiger partial charge < -0.3 is 10.3 Å². The molecule has 0 aliphatic carbocycles. The number of aromatic nitrogens is 3. The first-order valence-electron chi connectivity index (χ1n) is 7.95. The lowest BCUT2D eigenvalue weighted by molar-refractivity contribution is 0.0995. The van der Waals surface area contributed by atoms with Crippen molar-refractivity contribution < 1.29 is 4.79 Å². The van der Waals surface area contributed by atoms with Crippen LogP contribution in [0.1, 0.15) is 37.6 Å². The molecule has 2 aromatic heterocycles. The highest BCUT2D eigenvalue weighted by atomic mass is 32.2. The lowest BCUT2D eigenvalue weighted by Gasteiger charge is -2.08. The number of hydrogen-bond donors (Lipinski definition) is 2. The summed E-state index contributed by atoms with van der Waals surface area (Å²) < 4.78 is 0.807. The van der Waals surface area contributed by atoms with Gasteiger partial charge in [-0.15, -0.1) is 10.2 Å². The topological polar surface area (TPSA) is 70.7 Å². The van der Waals surface area contributed by atoms with E-state index in [4.69, 9.17) is 0 Å². The number of nitrogens with zero attached hydrogens (tertiary/aromatic N) is 2. The van der Waals surface area contributed by atoms with Gasteiger partial charge in [-0.25, -0.2) is 0 Å². The molecule has 0 unspecified atom stereocenters. The molecule has 0 aliphatic rings. The van der Waals surface area contributed by atoms with E-state index in [1.54, 1.807) is 6.20 Å². The molecule has 0 amide bonds. The number of fused-ring (bicyclic) bond motifs is 1. The van der Waals surface area contributed by atoms with Gasteiger partial charge in [0.2, 0.25) is 5.13 Å². The van der Waals surface area contributed by atoms with E-state index in [-0.39, 0.29) is 11.0 Å². The minimum Gasteiger partial charge on any atom is -0.360 e. The van der Waals surface area contributed by atoms with Gasteiger partial charge in [0, 0.05) is 28.7 Å². The minimum atomic E-state index is -0.214. The van der Waals surface area contributed by atoms with Crippen LogP contribution in [0.4, 0.5) is 5.13 Å². The number of hydrogen-bond acceptors (Lipinski definition) is 6. The van der Waals surface area contributed by atoms with Gasteiger partial charge in [-0.3, -0.25) is 4.79 Å². The molecule has 2 heterocycles. The van der Waals surface area contributed by atoms with Crippen LogP contribution >= 0.6 is 23.1 Å². The van der Waals surface area contributed by atoms with Crippen molar-refractivity contribution in [1.29, 1.82) is 0 Å².